The summed E-state index contributed by atoms with van der Waals surface area (Å²) < 4.78 is 8.48. The van der Waals surface area contributed by atoms with Crippen molar-refractivity contribution in [1.29, 1.82) is 0 Å². The van der Waals surface area contributed by atoms with Crippen LogP contribution in [0.2, 0.25) is 0 Å². The van der Waals surface area contributed by atoms with Gasteiger partial charge < -0.3 is 10.4 Å². The molecule has 7 nitrogen and oxygen atoms in total. The first kappa shape index (κ1) is 17.0. The maximum Gasteiger partial charge on any atom is 0.253 e. The second-order valence-corrected chi connectivity index (χ2v) is 7.03. The van der Waals surface area contributed by atoms with E-state index in [0.29, 0.717) is 18.5 Å². The minimum absolute atomic E-state index is 0.197. The van der Waals surface area contributed by atoms with Crippen LogP contribution in [0.1, 0.15) is 22.3 Å². The summed E-state index contributed by atoms with van der Waals surface area (Å²) in [6.45, 7) is 2.07. The first-order valence-corrected chi connectivity index (χ1v) is 9.24. The van der Waals surface area contributed by atoms with Gasteiger partial charge in [0, 0.05) is 32.0 Å². The van der Waals surface area contributed by atoms with Crippen LogP contribution in [0, 0.1) is 0 Å². The van der Waals surface area contributed by atoms with Gasteiger partial charge in [-0.3, -0.25) is 14.7 Å². The molecule has 0 unspecified atom stereocenters. The highest BCUT2D eigenvalue weighted by Gasteiger charge is 2.29. The van der Waals surface area contributed by atoms with Gasteiger partial charge in [-0.05, 0) is 36.2 Å². The third-order valence-corrected chi connectivity index (χ3v) is 5.19. The number of hydrogen-bond acceptors (Lipinski definition) is 7. The number of fused-ring (bicyclic) bond motifs is 1. The molecular weight excluding hydrogens is 350 g/mol. The second kappa shape index (κ2) is 7.45. The Morgan fingerprint density at radius 3 is 3.00 bits per heavy atom. The van der Waals surface area contributed by atoms with Gasteiger partial charge in [-0.25, -0.2) is 0 Å². The molecule has 1 amide bonds. The molecule has 1 fully saturated rings. The lowest BCUT2D eigenvalue weighted by atomic mass is 10.0. The predicted molar refractivity (Wildman–Crippen MR) is 98.8 cm³/mol. The number of aliphatic hydroxyl groups excluding tert-OH is 1. The van der Waals surface area contributed by atoms with Crippen molar-refractivity contribution in [3.63, 3.8) is 0 Å². The van der Waals surface area contributed by atoms with E-state index in [1.54, 1.807) is 18.3 Å². The SMILES string of the molecule is O=C(N[C@@H]1CCN(Cc2ccc3nsnc3c2)C[C@H]1O)c1cccnc1. The lowest BCUT2D eigenvalue weighted by molar-refractivity contribution is 0.0349. The summed E-state index contributed by atoms with van der Waals surface area (Å²) in [6, 6.07) is 9.26. The highest BCUT2D eigenvalue weighted by molar-refractivity contribution is 7.00. The molecule has 1 aliphatic heterocycles. The molecule has 134 valence electrons. The third-order valence-electron chi connectivity index (χ3n) is 4.63. The summed E-state index contributed by atoms with van der Waals surface area (Å²) in [5.74, 6) is -0.197. The van der Waals surface area contributed by atoms with E-state index in [1.165, 1.54) is 17.9 Å². The molecule has 0 radical (unpaired) electrons. The van der Waals surface area contributed by atoms with Gasteiger partial charge in [0.25, 0.3) is 5.91 Å². The summed E-state index contributed by atoms with van der Waals surface area (Å²) >= 11 is 1.21. The lowest BCUT2D eigenvalue weighted by Gasteiger charge is -2.36. The van der Waals surface area contributed by atoms with E-state index in [9.17, 15) is 9.90 Å². The highest BCUT2D eigenvalue weighted by Crippen LogP contribution is 2.18. The molecule has 0 saturated carbocycles. The number of piperidine rings is 1. The smallest absolute Gasteiger partial charge is 0.253 e. The first-order valence-electron chi connectivity index (χ1n) is 8.51. The number of aliphatic hydroxyl groups is 1. The zero-order chi connectivity index (χ0) is 17.9. The largest absolute Gasteiger partial charge is 0.390 e. The lowest BCUT2D eigenvalue weighted by Crippen LogP contribution is -2.53. The normalized spacial score (nSPS) is 21.0. The monoisotopic (exact) mass is 369 g/mol. The number of likely N-dealkylation sites (tertiary alicyclic amines) is 1. The Hall–Kier alpha value is -2.42. The minimum atomic E-state index is -0.603. The van der Waals surface area contributed by atoms with Crippen LogP contribution < -0.4 is 5.32 Å². The number of nitrogens with one attached hydrogen (secondary N) is 1. The summed E-state index contributed by atoms with van der Waals surface area (Å²) in [6.07, 6.45) is 3.26. The van der Waals surface area contributed by atoms with Crippen molar-refractivity contribution in [2.24, 2.45) is 0 Å². The van der Waals surface area contributed by atoms with Crippen LogP contribution in [0.5, 0.6) is 0 Å². The Labute approximate surface area is 155 Å². The summed E-state index contributed by atoms with van der Waals surface area (Å²) in [5.41, 5.74) is 3.48. The van der Waals surface area contributed by atoms with Gasteiger partial charge in [0.05, 0.1) is 29.4 Å². The number of benzene rings is 1. The van der Waals surface area contributed by atoms with Crippen molar-refractivity contribution in [3.8, 4) is 0 Å². The maximum absolute atomic E-state index is 12.2. The molecule has 1 aliphatic rings. The van der Waals surface area contributed by atoms with Crippen LogP contribution in [0.4, 0.5) is 0 Å². The molecule has 0 bridgehead atoms. The van der Waals surface area contributed by atoms with Crippen LogP contribution in [0.15, 0.2) is 42.7 Å². The Kier molecular flexibility index (Phi) is 4.87. The van der Waals surface area contributed by atoms with Gasteiger partial charge in [0.2, 0.25) is 0 Å². The summed E-state index contributed by atoms with van der Waals surface area (Å²) in [7, 11) is 0. The molecule has 8 heteroatoms. The highest BCUT2D eigenvalue weighted by atomic mass is 32.1. The standard InChI is InChI=1S/C18H19N5O2S/c24-17-11-23(10-12-3-4-14-16(8-12)22-26-21-14)7-5-15(17)20-18(25)13-2-1-6-19-9-13/h1-4,6,8-9,15,17,24H,5,7,10-11H2,(H,20,25)/t15-,17-/m1/s1. The van der Waals surface area contributed by atoms with E-state index >= 15 is 0 Å². The quantitative estimate of drug-likeness (QED) is 0.723. The summed E-state index contributed by atoms with van der Waals surface area (Å²) in [4.78, 5) is 18.4. The maximum atomic E-state index is 12.2. The van der Waals surface area contributed by atoms with Crippen molar-refractivity contribution < 1.29 is 9.90 Å². The van der Waals surface area contributed by atoms with Crippen molar-refractivity contribution in [3.05, 3.63) is 53.9 Å². The zero-order valence-electron chi connectivity index (χ0n) is 14.1. The first-order chi connectivity index (χ1) is 12.7. The Bertz CT molecular complexity index is 901. The molecule has 2 aromatic heterocycles. The Morgan fingerprint density at radius 2 is 2.19 bits per heavy atom. The van der Waals surface area contributed by atoms with E-state index in [0.717, 1.165) is 29.7 Å². The molecule has 0 spiro atoms. The Balaban J connectivity index is 1.35. The fourth-order valence-corrected chi connectivity index (χ4v) is 3.76. The topological polar surface area (TPSA) is 91.2 Å². The molecule has 2 N–H and O–H groups in total. The minimum Gasteiger partial charge on any atom is -0.390 e. The molecule has 1 aromatic carbocycles. The molecular formula is C18H19N5O2S. The Morgan fingerprint density at radius 1 is 1.31 bits per heavy atom. The number of rotatable bonds is 4. The van der Waals surface area contributed by atoms with Gasteiger partial charge in [0.15, 0.2) is 0 Å². The van der Waals surface area contributed by atoms with Crippen molar-refractivity contribution in [2.75, 3.05) is 13.1 Å². The average Bonchev–Trinajstić information content (AvgIpc) is 3.12. The van der Waals surface area contributed by atoms with Crippen LogP contribution >= 0.6 is 11.7 Å². The average molecular weight is 369 g/mol. The number of amides is 1. The fraction of sp³-hybridized carbons (Fsp3) is 0.333. The van der Waals surface area contributed by atoms with Gasteiger partial charge >= 0.3 is 0 Å². The predicted octanol–water partition coefficient (Wildman–Crippen LogP) is 1.45. The van der Waals surface area contributed by atoms with Crippen molar-refractivity contribution in [2.45, 2.75) is 25.1 Å². The number of β-amino-alcohol motifs (C(OH)–C–C–N with tert-alkyl or cyclic N) is 1. The van der Waals surface area contributed by atoms with E-state index in [4.69, 9.17) is 0 Å². The molecule has 2 atom stereocenters. The van der Waals surface area contributed by atoms with Crippen LogP contribution in [0.3, 0.4) is 0 Å². The van der Waals surface area contributed by atoms with E-state index < -0.39 is 6.10 Å². The van der Waals surface area contributed by atoms with Crippen molar-refractivity contribution >= 4 is 28.7 Å². The number of nitrogens with zero attached hydrogens (tertiary/aromatic N) is 4. The van der Waals surface area contributed by atoms with Crippen LogP contribution in [-0.4, -0.2) is 54.9 Å². The van der Waals surface area contributed by atoms with E-state index in [2.05, 4.69) is 23.9 Å². The molecule has 4 rings (SSSR count). The van der Waals surface area contributed by atoms with Crippen LogP contribution in [0.25, 0.3) is 11.0 Å². The van der Waals surface area contributed by atoms with E-state index in [1.807, 2.05) is 18.2 Å². The number of aromatic nitrogens is 3. The van der Waals surface area contributed by atoms with Gasteiger partial charge in [-0.15, -0.1) is 0 Å². The number of carbonyl (C=O) groups is 1. The number of hydrogen-bond donors (Lipinski definition) is 2. The molecule has 3 aromatic rings. The van der Waals surface area contributed by atoms with E-state index in [-0.39, 0.29) is 11.9 Å². The molecule has 3 heterocycles. The van der Waals surface area contributed by atoms with Crippen molar-refractivity contribution in [1.82, 2.24) is 23.9 Å². The second-order valence-electron chi connectivity index (χ2n) is 6.50. The summed E-state index contributed by atoms with van der Waals surface area (Å²) in [5, 5.41) is 13.4. The number of carbonyl (C=O) groups excluding carboxylic acids is 1. The molecule has 26 heavy (non-hydrogen) atoms. The van der Waals surface area contributed by atoms with Crippen LogP contribution in [-0.2, 0) is 6.54 Å². The van der Waals surface area contributed by atoms with Gasteiger partial charge in [-0.2, -0.15) is 8.75 Å². The fourth-order valence-electron chi connectivity index (χ4n) is 3.24. The number of pyridine rings is 1. The zero-order valence-corrected chi connectivity index (χ0v) is 14.9. The molecule has 0 aliphatic carbocycles. The van der Waals surface area contributed by atoms with Gasteiger partial charge in [0.1, 0.15) is 11.0 Å². The molecule has 1 saturated heterocycles. The third kappa shape index (κ3) is 3.72. The van der Waals surface area contributed by atoms with Gasteiger partial charge in [-0.1, -0.05) is 6.07 Å².